The van der Waals surface area contributed by atoms with Gasteiger partial charge in [0.1, 0.15) is 0 Å². The highest BCUT2D eigenvalue weighted by atomic mass is 16.2. The van der Waals surface area contributed by atoms with E-state index in [1.807, 2.05) is 35.2 Å². The number of benzene rings is 1. The van der Waals surface area contributed by atoms with Crippen molar-refractivity contribution >= 4 is 11.6 Å². The minimum absolute atomic E-state index is 0.126. The van der Waals surface area contributed by atoms with Crippen molar-refractivity contribution in [1.82, 2.24) is 4.98 Å². The number of pyridine rings is 1. The van der Waals surface area contributed by atoms with Gasteiger partial charge in [-0.25, -0.2) is 0 Å². The van der Waals surface area contributed by atoms with Crippen molar-refractivity contribution in [2.75, 3.05) is 11.4 Å². The van der Waals surface area contributed by atoms with Gasteiger partial charge in [0.05, 0.1) is 6.42 Å². The van der Waals surface area contributed by atoms with Crippen molar-refractivity contribution in [2.45, 2.75) is 12.8 Å². The van der Waals surface area contributed by atoms with Gasteiger partial charge in [0.2, 0.25) is 5.91 Å². The van der Waals surface area contributed by atoms with E-state index in [1.54, 1.807) is 12.4 Å². The second-order valence-electron chi connectivity index (χ2n) is 4.39. The second-order valence-corrected chi connectivity index (χ2v) is 4.39. The molecule has 3 rings (SSSR count). The summed E-state index contributed by atoms with van der Waals surface area (Å²) >= 11 is 0. The van der Waals surface area contributed by atoms with E-state index in [0.717, 1.165) is 24.2 Å². The van der Waals surface area contributed by atoms with Gasteiger partial charge in [-0.15, -0.1) is 0 Å². The van der Waals surface area contributed by atoms with Crippen LogP contribution in [0, 0.1) is 6.07 Å². The summed E-state index contributed by atoms with van der Waals surface area (Å²) in [7, 11) is 0. The van der Waals surface area contributed by atoms with Crippen LogP contribution in [0.5, 0.6) is 0 Å². The number of nitrogens with zero attached hydrogens (tertiary/aromatic N) is 2. The number of hydrogen-bond acceptors (Lipinski definition) is 2. The molecule has 0 bridgehead atoms. The molecule has 0 atom stereocenters. The van der Waals surface area contributed by atoms with Crippen LogP contribution in [0.4, 0.5) is 5.69 Å². The molecule has 1 aromatic carbocycles. The molecule has 1 amide bonds. The van der Waals surface area contributed by atoms with Gasteiger partial charge in [-0.2, -0.15) is 0 Å². The molecule has 0 saturated heterocycles. The Morgan fingerprint density at radius 2 is 2.39 bits per heavy atom. The fourth-order valence-corrected chi connectivity index (χ4v) is 2.30. The van der Waals surface area contributed by atoms with Gasteiger partial charge in [0.15, 0.2) is 0 Å². The van der Waals surface area contributed by atoms with Gasteiger partial charge in [0, 0.05) is 24.6 Å². The predicted octanol–water partition coefficient (Wildman–Crippen LogP) is 2.01. The molecule has 1 aliphatic heterocycles. The Labute approximate surface area is 106 Å². The van der Waals surface area contributed by atoms with Crippen molar-refractivity contribution < 1.29 is 4.79 Å². The summed E-state index contributed by atoms with van der Waals surface area (Å²) in [6, 6.07) is 12.6. The number of carbonyl (C=O) groups is 1. The lowest BCUT2D eigenvalue weighted by atomic mass is 10.1. The zero-order chi connectivity index (χ0) is 12.4. The van der Waals surface area contributed by atoms with E-state index < -0.39 is 0 Å². The molecule has 1 radical (unpaired) electrons. The molecule has 0 aliphatic carbocycles. The monoisotopic (exact) mass is 237 g/mol. The van der Waals surface area contributed by atoms with Crippen LogP contribution in [-0.2, 0) is 17.6 Å². The molecule has 89 valence electrons. The number of fused-ring (bicyclic) bond motifs is 1. The van der Waals surface area contributed by atoms with Crippen LogP contribution < -0.4 is 4.90 Å². The Morgan fingerprint density at radius 1 is 1.44 bits per heavy atom. The third-order valence-corrected chi connectivity index (χ3v) is 3.20. The first-order chi connectivity index (χ1) is 8.84. The van der Waals surface area contributed by atoms with E-state index >= 15 is 0 Å². The Hall–Kier alpha value is -2.16. The van der Waals surface area contributed by atoms with Gasteiger partial charge in [-0.05, 0) is 35.7 Å². The Bertz CT molecular complexity index is 566. The molecule has 2 heterocycles. The number of anilines is 1. The number of aromatic nitrogens is 1. The van der Waals surface area contributed by atoms with Crippen LogP contribution in [-0.4, -0.2) is 17.4 Å². The molecule has 1 aliphatic rings. The van der Waals surface area contributed by atoms with Crippen molar-refractivity contribution in [3.8, 4) is 0 Å². The average Bonchev–Trinajstić information content (AvgIpc) is 2.84. The minimum atomic E-state index is 0.126. The molecule has 0 fully saturated rings. The number of rotatable bonds is 2. The molecule has 3 nitrogen and oxygen atoms in total. The maximum Gasteiger partial charge on any atom is 0.231 e. The molecule has 0 saturated carbocycles. The highest BCUT2D eigenvalue weighted by Gasteiger charge is 2.23. The van der Waals surface area contributed by atoms with E-state index in [9.17, 15) is 4.79 Å². The lowest BCUT2D eigenvalue weighted by Gasteiger charge is -2.17. The summed E-state index contributed by atoms with van der Waals surface area (Å²) in [5, 5.41) is 0. The molecular formula is C15H13N2O. The molecule has 0 spiro atoms. The number of carbonyl (C=O) groups excluding carboxylic acids is 1. The molecule has 0 unspecified atom stereocenters. The van der Waals surface area contributed by atoms with Crippen molar-refractivity contribution in [1.29, 1.82) is 0 Å². The lowest BCUT2D eigenvalue weighted by molar-refractivity contribution is -0.117. The van der Waals surface area contributed by atoms with Crippen LogP contribution in [0.2, 0.25) is 0 Å². The summed E-state index contributed by atoms with van der Waals surface area (Å²) in [5.74, 6) is 0.126. The van der Waals surface area contributed by atoms with Gasteiger partial charge >= 0.3 is 0 Å². The summed E-state index contributed by atoms with van der Waals surface area (Å²) in [6.07, 6.45) is 4.80. The number of amides is 1. The SMILES string of the molecule is O=C(Cc1cccnc1)N1CCc2cc[c]cc21. The van der Waals surface area contributed by atoms with Crippen LogP contribution >= 0.6 is 0 Å². The first kappa shape index (κ1) is 11.0. The minimum Gasteiger partial charge on any atom is -0.312 e. The van der Waals surface area contributed by atoms with Gasteiger partial charge in [-0.3, -0.25) is 9.78 Å². The Kier molecular flexibility index (Phi) is 2.81. The van der Waals surface area contributed by atoms with Gasteiger partial charge in [0.25, 0.3) is 0 Å². The Balaban J connectivity index is 1.79. The zero-order valence-electron chi connectivity index (χ0n) is 9.97. The lowest BCUT2D eigenvalue weighted by Crippen LogP contribution is -2.30. The van der Waals surface area contributed by atoms with Crippen LogP contribution in [0.25, 0.3) is 0 Å². The van der Waals surface area contributed by atoms with E-state index in [-0.39, 0.29) is 5.91 Å². The van der Waals surface area contributed by atoms with E-state index in [4.69, 9.17) is 0 Å². The van der Waals surface area contributed by atoms with Gasteiger partial charge < -0.3 is 4.90 Å². The fourth-order valence-electron chi connectivity index (χ4n) is 2.30. The summed E-state index contributed by atoms with van der Waals surface area (Å²) in [5.41, 5.74) is 3.19. The molecule has 1 aromatic heterocycles. The Morgan fingerprint density at radius 3 is 3.22 bits per heavy atom. The highest BCUT2D eigenvalue weighted by Crippen LogP contribution is 2.27. The first-order valence-corrected chi connectivity index (χ1v) is 6.03. The van der Waals surface area contributed by atoms with Crippen molar-refractivity contribution in [3.63, 3.8) is 0 Å². The molecule has 2 aromatic rings. The molecule has 3 heteroatoms. The summed E-state index contributed by atoms with van der Waals surface area (Å²) in [6.45, 7) is 0.770. The molecular weight excluding hydrogens is 224 g/mol. The molecule has 0 N–H and O–H groups in total. The zero-order valence-corrected chi connectivity index (χ0v) is 9.97. The fraction of sp³-hybridized carbons (Fsp3) is 0.200. The quantitative estimate of drug-likeness (QED) is 0.800. The van der Waals surface area contributed by atoms with Crippen LogP contribution in [0.15, 0.2) is 42.7 Å². The van der Waals surface area contributed by atoms with E-state index in [1.165, 1.54) is 5.56 Å². The predicted molar refractivity (Wildman–Crippen MR) is 69.3 cm³/mol. The smallest absolute Gasteiger partial charge is 0.231 e. The topological polar surface area (TPSA) is 33.2 Å². The van der Waals surface area contributed by atoms with Crippen molar-refractivity contribution in [3.05, 3.63) is 59.9 Å². The maximum absolute atomic E-state index is 12.3. The average molecular weight is 237 g/mol. The second kappa shape index (κ2) is 4.61. The molecule has 18 heavy (non-hydrogen) atoms. The van der Waals surface area contributed by atoms with Crippen LogP contribution in [0.1, 0.15) is 11.1 Å². The first-order valence-electron chi connectivity index (χ1n) is 6.03. The maximum atomic E-state index is 12.3. The highest BCUT2D eigenvalue weighted by molar-refractivity contribution is 5.96. The summed E-state index contributed by atoms with van der Waals surface area (Å²) in [4.78, 5) is 18.1. The van der Waals surface area contributed by atoms with E-state index in [2.05, 4.69) is 11.1 Å². The standard InChI is InChI=1S/C15H13N2O/c18-15(10-12-4-3-8-16-11-12)17-9-7-13-5-1-2-6-14(13)17/h1,3-6,8,11H,7,9-10H2. The normalized spacial score (nSPS) is 13.4. The van der Waals surface area contributed by atoms with Crippen LogP contribution in [0.3, 0.4) is 0 Å². The largest absolute Gasteiger partial charge is 0.312 e. The summed E-state index contributed by atoms with van der Waals surface area (Å²) < 4.78 is 0. The van der Waals surface area contributed by atoms with E-state index in [0.29, 0.717) is 6.42 Å². The third kappa shape index (κ3) is 1.99. The van der Waals surface area contributed by atoms with Gasteiger partial charge in [-0.1, -0.05) is 18.2 Å². The third-order valence-electron chi connectivity index (χ3n) is 3.20. The number of hydrogen-bond donors (Lipinski definition) is 0. The van der Waals surface area contributed by atoms with Crippen molar-refractivity contribution in [2.24, 2.45) is 0 Å².